The average Bonchev–Trinajstić information content (AvgIpc) is 2.97. The number of carbonyl (C=O) groups excluding carboxylic acids is 1. The number of allylic oxidation sites excluding steroid dienone is 3. The first-order valence-corrected chi connectivity index (χ1v) is 10.9. The molecule has 4 rings (SSSR count). The lowest BCUT2D eigenvalue weighted by Gasteiger charge is -2.39. The van der Waals surface area contributed by atoms with Gasteiger partial charge < -0.3 is 5.73 Å². The minimum atomic E-state index is -0.432. The molecule has 2 aromatic rings. The first-order chi connectivity index (χ1) is 13.8. The Morgan fingerprint density at radius 2 is 1.86 bits per heavy atom. The standard InChI is InChI=1S/C22H19Cl2N3OS/c1-11-6-16(12(2)29-11)20-17(10-25)22(26)27(15-8-13(23)7-14(24)9-15)18-4-3-5-19(28)21(18)20/h6-9,20H,3-5,26H2,1-2H3. The van der Waals surface area contributed by atoms with Gasteiger partial charge in [-0.3, -0.25) is 9.69 Å². The van der Waals surface area contributed by atoms with Crippen molar-refractivity contribution < 1.29 is 4.79 Å². The summed E-state index contributed by atoms with van der Waals surface area (Å²) in [6.07, 6.45) is 1.91. The molecule has 0 bridgehead atoms. The highest BCUT2D eigenvalue weighted by atomic mass is 35.5. The molecular formula is C22H19Cl2N3OS. The van der Waals surface area contributed by atoms with Gasteiger partial charge >= 0.3 is 0 Å². The Hall–Kier alpha value is -2.26. The van der Waals surface area contributed by atoms with E-state index in [0.29, 0.717) is 45.5 Å². The number of hydrogen-bond acceptors (Lipinski definition) is 5. The maximum absolute atomic E-state index is 13.1. The second-order valence-corrected chi connectivity index (χ2v) is 9.65. The number of nitrogens with two attached hydrogens (primary N) is 1. The van der Waals surface area contributed by atoms with Crippen LogP contribution in [0.4, 0.5) is 5.69 Å². The fraction of sp³-hybridized carbons (Fsp3) is 0.273. The summed E-state index contributed by atoms with van der Waals surface area (Å²) in [6.45, 7) is 4.05. The first kappa shape index (κ1) is 20.0. The molecule has 0 spiro atoms. The van der Waals surface area contributed by atoms with Gasteiger partial charge in [0.2, 0.25) is 0 Å². The van der Waals surface area contributed by atoms with E-state index in [-0.39, 0.29) is 5.78 Å². The molecule has 1 aromatic heterocycles. The predicted molar refractivity (Wildman–Crippen MR) is 118 cm³/mol. The molecular weight excluding hydrogens is 425 g/mol. The topological polar surface area (TPSA) is 70.1 Å². The highest BCUT2D eigenvalue weighted by molar-refractivity contribution is 7.12. The maximum Gasteiger partial charge on any atom is 0.161 e. The Kier molecular flexibility index (Phi) is 5.20. The molecule has 0 saturated heterocycles. The molecule has 1 aliphatic heterocycles. The van der Waals surface area contributed by atoms with Crippen LogP contribution in [0, 0.1) is 25.2 Å². The fourth-order valence-electron chi connectivity index (χ4n) is 4.30. The van der Waals surface area contributed by atoms with Gasteiger partial charge in [-0.1, -0.05) is 23.2 Å². The summed E-state index contributed by atoms with van der Waals surface area (Å²) in [7, 11) is 0. The number of hydrogen-bond donors (Lipinski definition) is 1. The number of benzene rings is 1. The molecule has 0 saturated carbocycles. The van der Waals surface area contributed by atoms with Crippen molar-refractivity contribution in [1.29, 1.82) is 5.26 Å². The molecule has 0 fully saturated rings. The predicted octanol–water partition coefficient (Wildman–Crippen LogP) is 5.98. The normalized spacial score (nSPS) is 19.5. The van der Waals surface area contributed by atoms with Crippen LogP contribution in [0.1, 0.15) is 40.5 Å². The number of ketones is 1. The Morgan fingerprint density at radius 1 is 1.17 bits per heavy atom. The summed E-state index contributed by atoms with van der Waals surface area (Å²) in [6, 6.07) is 9.49. The van der Waals surface area contributed by atoms with Gasteiger partial charge in [-0.15, -0.1) is 11.3 Å². The van der Waals surface area contributed by atoms with Crippen LogP contribution in [0.3, 0.4) is 0 Å². The summed E-state index contributed by atoms with van der Waals surface area (Å²) in [5, 5.41) is 11.0. The van der Waals surface area contributed by atoms with E-state index in [1.54, 1.807) is 34.4 Å². The van der Waals surface area contributed by atoms with Crippen LogP contribution >= 0.6 is 34.5 Å². The smallest absolute Gasteiger partial charge is 0.161 e. The number of aryl methyl sites for hydroxylation is 2. The van der Waals surface area contributed by atoms with Gasteiger partial charge in [0.25, 0.3) is 0 Å². The van der Waals surface area contributed by atoms with E-state index in [1.165, 1.54) is 0 Å². The zero-order valence-corrected chi connectivity index (χ0v) is 18.4. The minimum absolute atomic E-state index is 0.0675. The van der Waals surface area contributed by atoms with Gasteiger partial charge in [0, 0.05) is 37.5 Å². The second kappa shape index (κ2) is 7.53. The molecule has 0 radical (unpaired) electrons. The van der Waals surface area contributed by atoms with Crippen LogP contribution in [0.25, 0.3) is 0 Å². The lowest BCUT2D eigenvalue weighted by atomic mass is 9.75. The van der Waals surface area contributed by atoms with Crippen LogP contribution in [0.5, 0.6) is 0 Å². The van der Waals surface area contributed by atoms with Crippen molar-refractivity contribution in [2.24, 2.45) is 5.73 Å². The molecule has 2 aliphatic rings. The van der Waals surface area contributed by atoms with Gasteiger partial charge in [0.05, 0.1) is 23.2 Å². The van der Waals surface area contributed by atoms with E-state index in [2.05, 4.69) is 12.1 Å². The SMILES string of the molecule is Cc1cc(C2C(C#N)=C(N)N(c3cc(Cl)cc(Cl)c3)C3=C2C(=O)CCC3)c(C)s1. The third-order valence-corrected chi connectivity index (χ3v) is 6.83. The van der Waals surface area contributed by atoms with Gasteiger partial charge in [0.15, 0.2) is 5.78 Å². The van der Waals surface area contributed by atoms with Gasteiger partial charge in [-0.25, -0.2) is 0 Å². The van der Waals surface area contributed by atoms with E-state index in [0.717, 1.165) is 27.4 Å². The van der Waals surface area contributed by atoms with Crippen molar-refractivity contribution in [3.63, 3.8) is 0 Å². The van der Waals surface area contributed by atoms with Crippen LogP contribution < -0.4 is 10.6 Å². The van der Waals surface area contributed by atoms with Gasteiger partial charge in [0.1, 0.15) is 5.82 Å². The third-order valence-electron chi connectivity index (χ3n) is 5.41. The summed E-state index contributed by atoms with van der Waals surface area (Å²) in [5.41, 5.74) is 10.1. The molecule has 1 aromatic carbocycles. The Morgan fingerprint density at radius 3 is 2.45 bits per heavy atom. The van der Waals surface area contributed by atoms with Crippen LogP contribution in [0.2, 0.25) is 10.0 Å². The van der Waals surface area contributed by atoms with E-state index in [4.69, 9.17) is 28.9 Å². The van der Waals surface area contributed by atoms with E-state index in [1.807, 2.05) is 13.8 Å². The molecule has 4 nitrogen and oxygen atoms in total. The van der Waals surface area contributed by atoms with E-state index in [9.17, 15) is 10.1 Å². The quantitative estimate of drug-likeness (QED) is 0.619. The minimum Gasteiger partial charge on any atom is -0.384 e. The largest absolute Gasteiger partial charge is 0.384 e. The number of halogens is 2. The van der Waals surface area contributed by atoms with Gasteiger partial charge in [-0.05, 0) is 56.5 Å². The number of nitriles is 1. The van der Waals surface area contributed by atoms with Crippen molar-refractivity contribution in [2.45, 2.75) is 39.0 Å². The number of carbonyl (C=O) groups is 1. The molecule has 29 heavy (non-hydrogen) atoms. The maximum atomic E-state index is 13.1. The van der Waals surface area contributed by atoms with E-state index >= 15 is 0 Å². The molecule has 1 aliphatic carbocycles. The molecule has 1 unspecified atom stereocenters. The van der Waals surface area contributed by atoms with E-state index < -0.39 is 5.92 Å². The lowest BCUT2D eigenvalue weighted by molar-refractivity contribution is -0.116. The lowest BCUT2D eigenvalue weighted by Crippen LogP contribution is -2.38. The fourth-order valence-corrected chi connectivity index (χ4v) is 5.78. The molecule has 148 valence electrons. The summed E-state index contributed by atoms with van der Waals surface area (Å²) >= 11 is 14.1. The summed E-state index contributed by atoms with van der Waals surface area (Å²) in [5.74, 6) is -0.0379. The van der Waals surface area contributed by atoms with Crippen molar-refractivity contribution in [3.05, 3.63) is 72.3 Å². The number of thiophene rings is 1. The average molecular weight is 444 g/mol. The van der Waals surface area contributed by atoms with Crippen LogP contribution in [-0.4, -0.2) is 5.78 Å². The molecule has 1 atom stereocenters. The van der Waals surface area contributed by atoms with Crippen molar-refractivity contribution in [1.82, 2.24) is 0 Å². The Labute approximate surface area is 183 Å². The Balaban J connectivity index is 2.00. The highest BCUT2D eigenvalue weighted by Gasteiger charge is 2.41. The third kappa shape index (κ3) is 3.36. The highest BCUT2D eigenvalue weighted by Crippen LogP contribution is 2.48. The molecule has 2 N–H and O–H groups in total. The zero-order chi connectivity index (χ0) is 20.9. The van der Waals surface area contributed by atoms with Crippen molar-refractivity contribution in [2.75, 3.05) is 4.90 Å². The first-order valence-electron chi connectivity index (χ1n) is 9.31. The monoisotopic (exact) mass is 443 g/mol. The number of Topliss-reactive ketones (excluding diaryl/α,β-unsaturated/α-hetero) is 1. The zero-order valence-electron chi connectivity index (χ0n) is 16.1. The number of anilines is 1. The summed E-state index contributed by atoms with van der Waals surface area (Å²) < 4.78 is 0. The summed E-state index contributed by atoms with van der Waals surface area (Å²) in [4.78, 5) is 17.1. The number of nitrogens with zero attached hydrogens (tertiary/aromatic N) is 2. The Bertz CT molecular complexity index is 1120. The molecule has 2 heterocycles. The van der Waals surface area contributed by atoms with Crippen molar-refractivity contribution in [3.8, 4) is 6.07 Å². The van der Waals surface area contributed by atoms with Gasteiger partial charge in [-0.2, -0.15) is 5.26 Å². The number of rotatable bonds is 2. The van der Waals surface area contributed by atoms with Crippen molar-refractivity contribution >= 4 is 46.0 Å². The molecule has 0 amide bonds. The second-order valence-electron chi connectivity index (χ2n) is 7.31. The molecule has 7 heteroatoms. The van der Waals surface area contributed by atoms with Crippen LogP contribution in [-0.2, 0) is 4.79 Å². The van der Waals surface area contributed by atoms with Crippen LogP contribution in [0.15, 0.2) is 46.9 Å².